The number of aromatic nitrogens is 1. The summed E-state index contributed by atoms with van der Waals surface area (Å²) < 4.78 is 2.16. The third-order valence-corrected chi connectivity index (χ3v) is 5.51. The molecular formula is C19H24N2OS. The van der Waals surface area contributed by atoms with E-state index in [0.717, 1.165) is 52.5 Å². The van der Waals surface area contributed by atoms with Gasteiger partial charge in [0.15, 0.2) is 0 Å². The van der Waals surface area contributed by atoms with Gasteiger partial charge in [0.2, 0.25) is 0 Å². The summed E-state index contributed by atoms with van der Waals surface area (Å²) in [6, 6.07) is 10.6. The summed E-state index contributed by atoms with van der Waals surface area (Å²) in [6.07, 6.45) is 2.14. The van der Waals surface area contributed by atoms with Crippen LogP contribution in [0.15, 0.2) is 30.3 Å². The minimum Gasteiger partial charge on any atom is -0.349 e. The van der Waals surface area contributed by atoms with E-state index in [-0.39, 0.29) is 5.91 Å². The second kappa shape index (κ2) is 6.83. The van der Waals surface area contributed by atoms with Crippen LogP contribution >= 0.6 is 11.8 Å². The van der Waals surface area contributed by atoms with Crippen molar-refractivity contribution in [1.82, 2.24) is 9.88 Å². The zero-order valence-electron chi connectivity index (χ0n) is 14.1. The molecule has 2 heterocycles. The Labute approximate surface area is 142 Å². The van der Waals surface area contributed by atoms with Gasteiger partial charge >= 0.3 is 0 Å². The van der Waals surface area contributed by atoms with Crippen LogP contribution in [0.1, 0.15) is 40.2 Å². The number of nitrogens with one attached hydrogen (secondary N) is 1. The van der Waals surface area contributed by atoms with Crippen LogP contribution in [0.4, 0.5) is 0 Å². The number of hydrogen-bond acceptors (Lipinski definition) is 2. The van der Waals surface area contributed by atoms with Crippen LogP contribution in [0.25, 0.3) is 5.69 Å². The Morgan fingerprint density at radius 2 is 1.74 bits per heavy atom. The Morgan fingerprint density at radius 1 is 1.09 bits per heavy atom. The molecule has 2 aromatic rings. The molecular weight excluding hydrogens is 304 g/mol. The van der Waals surface area contributed by atoms with E-state index in [1.165, 1.54) is 0 Å². The number of rotatable bonds is 3. The van der Waals surface area contributed by atoms with E-state index in [1.54, 1.807) is 0 Å². The van der Waals surface area contributed by atoms with Crippen molar-refractivity contribution in [2.45, 2.75) is 39.7 Å². The highest BCUT2D eigenvalue weighted by atomic mass is 32.2. The predicted octanol–water partition coefficient (Wildman–Crippen LogP) is 4.03. The lowest BCUT2D eigenvalue weighted by Crippen LogP contribution is -2.37. The molecule has 0 unspecified atom stereocenters. The fourth-order valence-corrected chi connectivity index (χ4v) is 4.29. The largest absolute Gasteiger partial charge is 0.349 e. The van der Waals surface area contributed by atoms with Crippen molar-refractivity contribution in [3.8, 4) is 5.69 Å². The molecule has 1 amide bonds. The number of amides is 1. The standard InChI is InChI=1S/C19H24N2OS/c1-13-4-7-18(21-14(2)5-6-15(21)3)17(12-13)19(22)20-16-8-10-23-11-9-16/h4-7,12,16H,8-11H2,1-3H3,(H,20,22). The molecule has 0 radical (unpaired) electrons. The molecule has 1 fully saturated rings. The first-order chi connectivity index (χ1) is 11.1. The van der Waals surface area contributed by atoms with Gasteiger partial charge in [0, 0.05) is 17.4 Å². The molecule has 1 aromatic carbocycles. The topological polar surface area (TPSA) is 34.0 Å². The van der Waals surface area contributed by atoms with Gasteiger partial charge in [-0.05, 0) is 69.4 Å². The van der Waals surface area contributed by atoms with Crippen molar-refractivity contribution < 1.29 is 4.79 Å². The number of nitrogens with zero attached hydrogens (tertiary/aromatic N) is 1. The van der Waals surface area contributed by atoms with Crippen molar-refractivity contribution in [2.24, 2.45) is 0 Å². The van der Waals surface area contributed by atoms with E-state index in [0.29, 0.717) is 6.04 Å². The van der Waals surface area contributed by atoms with E-state index >= 15 is 0 Å². The minimum atomic E-state index is 0.0492. The Balaban J connectivity index is 1.94. The number of carbonyl (C=O) groups is 1. The molecule has 0 bridgehead atoms. The average Bonchev–Trinajstić information content (AvgIpc) is 2.87. The highest BCUT2D eigenvalue weighted by molar-refractivity contribution is 7.99. The van der Waals surface area contributed by atoms with Crippen LogP contribution in [0.3, 0.4) is 0 Å². The molecule has 4 heteroatoms. The molecule has 3 nitrogen and oxygen atoms in total. The van der Waals surface area contributed by atoms with Crippen molar-refractivity contribution in [3.05, 3.63) is 52.8 Å². The molecule has 1 aliphatic heterocycles. The summed E-state index contributed by atoms with van der Waals surface area (Å²) in [5.74, 6) is 2.33. The Kier molecular flexibility index (Phi) is 4.81. The zero-order chi connectivity index (χ0) is 16.4. The molecule has 1 saturated heterocycles. The molecule has 1 aliphatic rings. The second-order valence-corrected chi connectivity index (χ2v) is 7.56. The maximum atomic E-state index is 12.9. The van der Waals surface area contributed by atoms with Gasteiger partial charge in [-0.25, -0.2) is 0 Å². The molecule has 122 valence electrons. The zero-order valence-corrected chi connectivity index (χ0v) is 14.9. The summed E-state index contributed by atoms with van der Waals surface area (Å²) in [4.78, 5) is 12.9. The fraction of sp³-hybridized carbons (Fsp3) is 0.421. The van der Waals surface area contributed by atoms with Gasteiger partial charge < -0.3 is 9.88 Å². The number of aryl methyl sites for hydroxylation is 3. The second-order valence-electron chi connectivity index (χ2n) is 6.33. The van der Waals surface area contributed by atoms with Crippen LogP contribution in [0.2, 0.25) is 0 Å². The van der Waals surface area contributed by atoms with Gasteiger partial charge in [0.05, 0.1) is 11.3 Å². The summed E-state index contributed by atoms with van der Waals surface area (Å²) in [7, 11) is 0. The monoisotopic (exact) mass is 328 g/mol. The number of benzene rings is 1. The van der Waals surface area contributed by atoms with E-state index in [1.807, 2.05) is 24.8 Å². The Hall–Kier alpha value is -1.68. The van der Waals surface area contributed by atoms with Crippen molar-refractivity contribution >= 4 is 17.7 Å². The number of carbonyl (C=O) groups excluding carboxylic acids is 1. The molecule has 0 aliphatic carbocycles. The normalized spacial score (nSPS) is 15.6. The lowest BCUT2D eigenvalue weighted by atomic mass is 10.1. The molecule has 3 rings (SSSR count). The maximum Gasteiger partial charge on any atom is 0.253 e. The maximum absolute atomic E-state index is 12.9. The quantitative estimate of drug-likeness (QED) is 0.923. The molecule has 23 heavy (non-hydrogen) atoms. The highest BCUT2D eigenvalue weighted by Crippen LogP contribution is 2.23. The van der Waals surface area contributed by atoms with Gasteiger partial charge in [0.25, 0.3) is 5.91 Å². The SMILES string of the molecule is Cc1ccc(-n2c(C)ccc2C)c(C(=O)NC2CCSCC2)c1. The molecule has 0 saturated carbocycles. The first-order valence-electron chi connectivity index (χ1n) is 8.21. The Morgan fingerprint density at radius 3 is 2.39 bits per heavy atom. The first-order valence-corrected chi connectivity index (χ1v) is 9.36. The number of thioether (sulfide) groups is 1. The average molecular weight is 328 g/mol. The van der Waals surface area contributed by atoms with Gasteiger partial charge in [-0.1, -0.05) is 11.6 Å². The third-order valence-electron chi connectivity index (χ3n) is 4.47. The van der Waals surface area contributed by atoms with Crippen molar-refractivity contribution in [1.29, 1.82) is 0 Å². The summed E-state index contributed by atoms with van der Waals surface area (Å²) >= 11 is 1.97. The molecule has 1 aromatic heterocycles. The van der Waals surface area contributed by atoms with Gasteiger partial charge in [-0.3, -0.25) is 4.79 Å². The predicted molar refractivity (Wildman–Crippen MR) is 97.8 cm³/mol. The van der Waals surface area contributed by atoms with Crippen molar-refractivity contribution in [2.75, 3.05) is 11.5 Å². The molecule has 1 N–H and O–H groups in total. The van der Waals surface area contributed by atoms with Crippen LogP contribution in [0.5, 0.6) is 0 Å². The van der Waals surface area contributed by atoms with E-state index < -0.39 is 0 Å². The van der Waals surface area contributed by atoms with E-state index in [9.17, 15) is 4.79 Å². The van der Waals surface area contributed by atoms with Gasteiger partial charge in [0.1, 0.15) is 0 Å². The smallest absolute Gasteiger partial charge is 0.253 e. The van der Waals surface area contributed by atoms with Crippen LogP contribution < -0.4 is 5.32 Å². The fourth-order valence-electron chi connectivity index (χ4n) is 3.18. The van der Waals surface area contributed by atoms with Crippen LogP contribution in [0, 0.1) is 20.8 Å². The lowest BCUT2D eigenvalue weighted by molar-refractivity contribution is 0.0935. The third kappa shape index (κ3) is 3.47. The number of hydrogen-bond donors (Lipinski definition) is 1. The molecule has 0 spiro atoms. The van der Waals surface area contributed by atoms with Crippen molar-refractivity contribution in [3.63, 3.8) is 0 Å². The lowest BCUT2D eigenvalue weighted by Gasteiger charge is -2.23. The summed E-state index contributed by atoms with van der Waals surface area (Å²) in [5, 5.41) is 3.24. The van der Waals surface area contributed by atoms with Crippen LogP contribution in [-0.4, -0.2) is 28.0 Å². The van der Waals surface area contributed by atoms with Gasteiger partial charge in [-0.2, -0.15) is 11.8 Å². The first kappa shape index (κ1) is 16.2. The highest BCUT2D eigenvalue weighted by Gasteiger charge is 2.20. The molecule has 0 atom stereocenters. The van der Waals surface area contributed by atoms with E-state index in [4.69, 9.17) is 0 Å². The van der Waals surface area contributed by atoms with E-state index in [2.05, 4.69) is 48.0 Å². The summed E-state index contributed by atoms with van der Waals surface area (Å²) in [6.45, 7) is 6.19. The van der Waals surface area contributed by atoms with Gasteiger partial charge in [-0.15, -0.1) is 0 Å². The summed E-state index contributed by atoms with van der Waals surface area (Å²) in [5.41, 5.74) is 5.15. The Bertz CT molecular complexity index is 695. The minimum absolute atomic E-state index is 0.0492. The van der Waals surface area contributed by atoms with Crippen LogP contribution in [-0.2, 0) is 0 Å².